The molecule has 1 heterocycles. The summed E-state index contributed by atoms with van der Waals surface area (Å²) in [5.41, 5.74) is 0.798. The van der Waals surface area contributed by atoms with Gasteiger partial charge in [0, 0.05) is 18.6 Å². The van der Waals surface area contributed by atoms with Crippen molar-refractivity contribution in [1.29, 1.82) is 0 Å². The van der Waals surface area contributed by atoms with E-state index < -0.39 is 23.1 Å². The van der Waals surface area contributed by atoms with E-state index in [1.807, 2.05) is 30.3 Å². The highest BCUT2D eigenvalue weighted by molar-refractivity contribution is 5.26. The van der Waals surface area contributed by atoms with Crippen LogP contribution in [0.3, 0.4) is 0 Å². The molecule has 1 aliphatic carbocycles. The van der Waals surface area contributed by atoms with E-state index in [-0.39, 0.29) is 12.1 Å². The molecule has 1 aliphatic heterocycles. The minimum Gasteiger partial charge on any atom is -0.388 e. The summed E-state index contributed by atoms with van der Waals surface area (Å²) in [4.78, 5) is 2.12. The first kappa shape index (κ1) is 16.6. The van der Waals surface area contributed by atoms with Crippen molar-refractivity contribution in [3.63, 3.8) is 0 Å². The smallest absolute Gasteiger partial charge is 0.194 e. The van der Waals surface area contributed by atoms with Crippen LogP contribution in [0.2, 0.25) is 0 Å². The first-order valence-corrected chi connectivity index (χ1v) is 8.64. The van der Waals surface area contributed by atoms with Crippen molar-refractivity contribution in [3.05, 3.63) is 71.0 Å². The van der Waals surface area contributed by atoms with E-state index in [9.17, 15) is 18.3 Å². The summed E-state index contributed by atoms with van der Waals surface area (Å²) in [7, 11) is 0. The minimum atomic E-state index is -1.44. The molecule has 2 unspecified atom stereocenters. The molecular formula is C20H20F3NO. The molecule has 2 aliphatic rings. The molecule has 4 rings (SSSR count). The van der Waals surface area contributed by atoms with Gasteiger partial charge >= 0.3 is 0 Å². The third-order valence-electron chi connectivity index (χ3n) is 5.50. The van der Waals surface area contributed by atoms with Gasteiger partial charge in [-0.1, -0.05) is 30.3 Å². The van der Waals surface area contributed by atoms with Crippen LogP contribution in [0.5, 0.6) is 0 Å². The molecular weight excluding hydrogens is 327 g/mol. The van der Waals surface area contributed by atoms with Crippen molar-refractivity contribution in [1.82, 2.24) is 4.90 Å². The van der Waals surface area contributed by atoms with Gasteiger partial charge in [0.05, 0.1) is 5.60 Å². The Kier molecular flexibility index (Phi) is 4.08. The molecule has 2 aromatic rings. The van der Waals surface area contributed by atoms with E-state index in [0.717, 1.165) is 37.0 Å². The molecule has 2 nitrogen and oxygen atoms in total. The molecule has 25 heavy (non-hydrogen) atoms. The Morgan fingerprint density at radius 1 is 1.00 bits per heavy atom. The maximum atomic E-state index is 13.7. The Morgan fingerprint density at radius 3 is 2.24 bits per heavy atom. The summed E-state index contributed by atoms with van der Waals surface area (Å²) in [5, 5.41) is 10.6. The van der Waals surface area contributed by atoms with Crippen LogP contribution in [-0.4, -0.2) is 21.6 Å². The quantitative estimate of drug-likeness (QED) is 0.832. The molecule has 2 fully saturated rings. The second-order valence-corrected chi connectivity index (χ2v) is 7.17. The molecule has 2 atom stereocenters. The maximum absolute atomic E-state index is 13.7. The van der Waals surface area contributed by atoms with Crippen LogP contribution in [0.4, 0.5) is 13.2 Å². The highest BCUT2D eigenvalue weighted by Gasteiger charge is 2.53. The molecule has 1 N–H and O–H groups in total. The predicted octanol–water partition coefficient (Wildman–Crippen LogP) is 4.33. The van der Waals surface area contributed by atoms with Crippen molar-refractivity contribution in [2.45, 2.75) is 49.9 Å². The van der Waals surface area contributed by atoms with E-state index >= 15 is 0 Å². The van der Waals surface area contributed by atoms with Gasteiger partial charge in [-0.2, -0.15) is 0 Å². The molecule has 0 spiro atoms. The monoisotopic (exact) mass is 347 g/mol. The van der Waals surface area contributed by atoms with Gasteiger partial charge in [-0.15, -0.1) is 0 Å². The van der Waals surface area contributed by atoms with Gasteiger partial charge in [0.1, 0.15) is 0 Å². The number of nitrogens with zero attached hydrogens (tertiary/aromatic N) is 1. The van der Waals surface area contributed by atoms with Crippen molar-refractivity contribution in [3.8, 4) is 0 Å². The largest absolute Gasteiger partial charge is 0.388 e. The Hall–Kier alpha value is -1.85. The van der Waals surface area contributed by atoms with Gasteiger partial charge in [-0.25, -0.2) is 13.2 Å². The number of aliphatic hydroxyl groups is 1. The van der Waals surface area contributed by atoms with Gasteiger partial charge in [-0.05, 0) is 48.9 Å². The third kappa shape index (κ3) is 3.07. The van der Waals surface area contributed by atoms with Crippen LogP contribution in [0.15, 0.2) is 42.5 Å². The fourth-order valence-corrected chi connectivity index (χ4v) is 4.04. The van der Waals surface area contributed by atoms with Crippen molar-refractivity contribution in [2.24, 2.45) is 0 Å². The maximum Gasteiger partial charge on any atom is 0.194 e. The second-order valence-electron chi connectivity index (χ2n) is 7.17. The van der Waals surface area contributed by atoms with Gasteiger partial charge in [-0.3, -0.25) is 4.90 Å². The van der Waals surface area contributed by atoms with Crippen LogP contribution >= 0.6 is 0 Å². The molecule has 5 heteroatoms. The standard InChI is InChI=1S/C20H20F3NO/c21-15-10-14(11-16(22)19(15)23)17-6-7-18(20(25)8-9-20)24(17)12-13-4-2-1-3-5-13/h1-5,10-11,17-18,25H,6-9,12H2. The Morgan fingerprint density at radius 2 is 1.64 bits per heavy atom. The lowest BCUT2D eigenvalue weighted by molar-refractivity contribution is 0.0325. The van der Waals surface area contributed by atoms with Gasteiger partial charge in [0.2, 0.25) is 0 Å². The minimum absolute atomic E-state index is 0.0473. The summed E-state index contributed by atoms with van der Waals surface area (Å²) in [6.45, 7) is 0.582. The molecule has 0 bridgehead atoms. The third-order valence-corrected chi connectivity index (χ3v) is 5.50. The average molecular weight is 347 g/mol. The lowest BCUT2D eigenvalue weighted by Crippen LogP contribution is -2.41. The summed E-state index contributed by atoms with van der Waals surface area (Å²) < 4.78 is 40.7. The second kappa shape index (κ2) is 6.15. The molecule has 0 radical (unpaired) electrons. The first-order valence-electron chi connectivity index (χ1n) is 8.64. The normalized spacial score (nSPS) is 25.3. The number of hydrogen-bond donors (Lipinski definition) is 1. The highest BCUT2D eigenvalue weighted by atomic mass is 19.2. The van der Waals surface area contributed by atoms with E-state index in [0.29, 0.717) is 18.5 Å². The zero-order chi connectivity index (χ0) is 17.6. The zero-order valence-corrected chi connectivity index (χ0v) is 13.8. The zero-order valence-electron chi connectivity index (χ0n) is 13.8. The lowest BCUT2D eigenvalue weighted by Gasteiger charge is -2.33. The summed E-state index contributed by atoms with van der Waals surface area (Å²) in [5.74, 6) is -3.76. The number of halogens is 3. The summed E-state index contributed by atoms with van der Waals surface area (Å²) >= 11 is 0. The van der Waals surface area contributed by atoms with E-state index in [1.54, 1.807) is 0 Å². The fourth-order valence-electron chi connectivity index (χ4n) is 4.04. The Labute approximate surface area is 144 Å². The van der Waals surface area contributed by atoms with Crippen molar-refractivity contribution >= 4 is 0 Å². The fraction of sp³-hybridized carbons (Fsp3) is 0.400. The summed E-state index contributed by atoms with van der Waals surface area (Å²) in [6, 6.07) is 11.7. The topological polar surface area (TPSA) is 23.5 Å². The molecule has 1 saturated carbocycles. The molecule has 0 amide bonds. The molecule has 2 aromatic carbocycles. The highest BCUT2D eigenvalue weighted by Crippen LogP contribution is 2.50. The van der Waals surface area contributed by atoms with Crippen LogP contribution in [0.25, 0.3) is 0 Å². The van der Waals surface area contributed by atoms with E-state index in [2.05, 4.69) is 4.90 Å². The van der Waals surface area contributed by atoms with Crippen LogP contribution in [0.1, 0.15) is 42.9 Å². The van der Waals surface area contributed by atoms with Crippen LogP contribution in [-0.2, 0) is 6.54 Å². The number of likely N-dealkylation sites (tertiary alicyclic amines) is 1. The van der Waals surface area contributed by atoms with E-state index in [4.69, 9.17) is 0 Å². The first-order chi connectivity index (χ1) is 12.0. The Balaban J connectivity index is 1.68. The SMILES string of the molecule is OC1(C2CCC(c3cc(F)c(F)c(F)c3)N2Cc2ccccc2)CC1. The van der Waals surface area contributed by atoms with Gasteiger partial charge in [0.25, 0.3) is 0 Å². The number of hydrogen-bond acceptors (Lipinski definition) is 2. The van der Waals surface area contributed by atoms with Crippen molar-refractivity contribution < 1.29 is 18.3 Å². The van der Waals surface area contributed by atoms with E-state index in [1.165, 1.54) is 0 Å². The molecule has 132 valence electrons. The lowest BCUT2D eigenvalue weighted by atomic mass is 10.0. The van der Waals surface area contributed by atoms with Crippen LogP contribution < -0.4 is 0 Å². The van der Waals surface area contributed by atoms with Gasteiger partial charge < -0.3 is 5.11 Å². The predicted molar refractivity (Wildman–Crippen MR) is 88.2 cm³/mol. The molecule has 0 aromatic heterocycles. The molecule has 1 saturated heterocycles. The summed E-state index contributed by atoms with van der Waals surface area (Å²) in [6.07, 6.45) is 2.95. The van der Waals surface area contributed by atoms with Crippen molar-refractivity contribution in [2.75, 3.05) is 0 Å². The van der Waals surface area contributed by atoms with Crippen LogP contribution in [0, 0.1) is 17.5 Å². The Bertz CT molecular complexity index is 753. The number of benzene rings is 2. The number of rotatable bonds is 4. The average Bonchev–Trinajstić information content (AvgIpc) is 3.20. The van der Waals surface area contributed by atoms with Gasteiger partial charge in [0.15, 0.2) is 17.5 Å².